The van der Waals surface area contributed by atoms with Crippen molar-refractivity contribution in [1.82, 2.24) is 4.98 Å². The van der Waals surface area contributed by atoms with Crippen LogP contribution in [0.5, 0.6) is 0 Å². The van der Waals surface area contributed by atoms with Gasteiger partial charge in [-0.25, -0.2) is 0 Å². The van der Waals surface area contributed by atoms with Gasteiger partial charge in [0, 0.05) is 40.1 Å². The molecule has 1 unspecified atom stereocenters. The van der Waals surface area contributed by atoms with E-state index < -0.39 is 0 Å². The molecule has 3 aromatic rings. The number of halogens is 2. The Hall–Kier alpha value is -1.97. The summed E-state index contributed by atoms with van der Waals surface area (Å²) >= 11 is 9.60. The molecule has 0 aliphatic rings. The summed E-state index contributed by atoms with van der Waals surface area (Å²) in [5.74, 6) is 0.169. The number of nitrogens with zero attached hydrogens (tertiary/aromatic N) is 1. The summed E-state index contributed by atoms with van der Waals surface area (Å²) in [6, 6.07) is 19.7. The van der Waals surface area contributed by atoms with Crippen molar-refractivity contribution in [3.63, 3.8) is 0 Å². The third kappa shape index (κ3) is 4.80. The quantitative estimate of drug-likeness (QED) is 0.472. The van der Waals surface area contributed by atoms with Crippen LogP contribution in [0.1, 0.15) is 34.7 Å². The summed E-state index contributed by atoms with van der Waals surface area (Å²) in [6.07, 6.45) is 2.50. The van der Waals surface area contributed by atoms with Crippen LogP contribution in [0.4, 0.5) is 0 Å². The minimum Gasteiger partial charge on any atom is -0.299 e. The van der Waals surface area contributed by atoms with Gasteiger partial charge in [0.1, 0.15) is 5.78 Å². The summed E-state index contributed by atoms with van der Waals surface area (Å²) in [4.78, 5) is 17.0. The van der Waals surface area contributed by atoms with E-state index in [4.69, 9.17) is 11.6 Å². The molecule has 0 aliphatic heterocycles. The number of benzene rings is 2. The predicted octanol–water partition coefficient (Wildman–Crippen LogP) is 6.14. The van der Waals surface area contributed by atoms with Gasteiger partial charge < -0.3 is 0 Å². The van der Waals surface area contributed by atoms with Gasteiger partial charge in [0.15, 0.2) is 0 Å². The zero-order chi connectivity index (χ0) is 18.5. The second-order valence-corrected chi connectivity index (χ2v) is 7.70. The van der Waals surface area contributed by atoms with E-state index in [1.165, 1.54) is 0 Å². The lowest BCUT2D eigenvalue weighted by atomic mass is 9.84. The summed E-state index contributed by atoms with van der Waals surface area (Å²) in [7, 11) is 0. The van der Waals surface area contributed by atoms with Gasteiger partial charge in [-0.1, -0.05) is 51.8 Å². The number of Topliss-reactive ketones (excluding diaryl/α,β-unsaturated/α-hetero) is 1. The van der Waals surface area contributed by atoms with Crippen molar-refractivity contribution in [2.24, 2.45) is 0 Å². The second-order valence-electron chi connectivity index (χ2n) is 6.35. The Bertz CT molecular complexity index is 894. The molecule has 0 bridgehead atoms. The average Bonchev–Trinajstić information content (AvgIpc) is 2.62. The molecule has 1 heterocycles. The third-order valence-corrected chi connectivity index (χ3v) is 5.18. The molecule has 0 spiro atoms. The van der Waals surface area contributed by atoms with Gasteiger partial charge in [0.05, 0.1) is 0 Å². The molecule has 3 rings (SSSR count). The highest BCUT2D eigenvalue weighted by atomic mass is 79.9. The molecular formula is C22H19BrClNO. The third-order valence-electron chi connectivity index (χ3n) is 4.42. The van der Waals surface area contributed by atoms with E-state index in [0.29, 0.717) is 17.9 Å². The number of carbonyl (C=O) groups is 1. The zero-order valence-electron chi connectivity index (χ0n) is 14.5. The molecule has 0 aliphatic carbocycles. The first-order chi connectivity index (χ1) is 12.5. The molecule has 4 heteroatoms. The Balaban J connectivity index is 1.90. The number of hydrogen-bond donors (Lipinski definition) is 0. The van der Waals surface area contributed by atoms with Crippen molar-refractivity contribution in [1.29, 1.82) is 0 Å². The monoisotopic (exact) mass is 427 g/mol. The van der Waals surface area contributed by atoms with Gasteiger partial charge in [-0.3, -0.25) is 9.78 Å². The molecular weight excluding hydrogens is 410 g/mol. The Morgan fingerprint density at radius 2 is 1.88 bits per heavy atom. The van der Waals surface area contributed by atoms with Crippen molar-refractivity contribution < 1.29 is 4.79 Å². The van der Waals surface area contributed by atoms with Crippen LogP contribution < -0.4 is 0 Å². The number of aromatic nitrogens is 1. The molecule has 2 aromatic carbocycles. The molecule has 1 atom stereocenters. The average molecular weight is 429 g/mol. The molecule has 0 fully saturated rings. The van der Waals surface area contributed by atoms with E-state index in [1.807, 2.05) is 55.5 Å². The molecule has 0 saturated carbocycles. The summed E-state index contributed by atoms with van der Waals surface area (Å²) in [6.45, 7) is 2.04. The van der Waals surface area contributed by atoms with E-state index in [0.717, 1.165) is 26.9 Å². The van der Waals surface area contributed by atoms with Gasteiger partial charge in [0.2, 0.25) is 0 Å². The Morgan fingerprint density at radius 3 is 2.54 bits per heavy atom. The van der Waals surface area contributed by atoms with Gasteiger partial charge in [0.25, 0.3) is 0 Å². The molecule has 0 N–H and O–H groups in total. The lowest BCUT2D eigenvalue weighted by molar-refractivity contribution is -0.118. The van der Waals surface area contributed by atoms with Crippen LogP contribution in [0.2, 0.25) is 5.02 Å². The van der Waals surface area contributed by atoms with Crippen LogP contribution in [0.25, 0.3) is 0 Å². The number of carbonyl (C=O) groups excluding carboxylic acids is 1. The zero-order valence-corrected chi connectivity index (χ0v) is 16.8. The fourth-order valence-corrected chi connectivity index (χ4v) is 3.63. The number of aryl methyl sites for hydroxylation is 1. The summed E-state index contributed by atoms with van der Waals surface area (Å²) in [5.41, 5.74) is 4.15. The van der Waals surface area contributed by atoms with Crippen molar-refractivity contribution in [2.75, 3.05) is 0 Å². The van der Waals surface area contributed by atoms with E-state index in [9.17, 15) is 4.79 Å². The number of pyridine rings is 1. The van der Waals surface area contributed by atoms with Gasteiger partial charge >= 0.3 is 0 Å². The van der Waals surface area contributed by atoms with Gasteiger partial charge in [-0.15, -0.1) is 0 Å². The smallest absolute Gasteiger partial charge is 0.139 e. The second kappa shape index (κ2) is 8.61. The normalized spacial score (nSPS) is 12.0. The van der Waals surface area contributed by atoms with Crippen LogP contribution in [0, 0.1) is 6.92 Å². The van der Waals surface area contributed by atoms with Crippen molar-refractivity contribution >= 4 is 33.3 Å². The fourth-order valence-electron chi connectivity index (χ4n) is 3.14. The van der Waals surface area contributed by atoms with Gasteiger partial charge in [-0.2, -0.15) is 0 Å². The highest BCUT2D eigenvalue weighted by Crippen LogP contribution is 2.33. The van der Waals surface area contributed by atoms with Crippen LogP contribution >= 0.6 is 27.5 Å². The largest absolute Gasteiger partial charge is 0.299 e. The van der Waals surface area contributed by atoms with Crippen LogP contribution in [0.3, 0.4) is 0 Å². The van der Waals surface area contributed by atoms with E-state index in [1.54, 1.807) is 6.20 Å². The molecule has 26 heavy (non-hydrogen) atoms. The summed E-state index contributed by atoms with van der Waals surface area (Å²) < 4.78 is 1.02. The first-order valence-corrected chi connectivity index (χ1v) is 9.63. The minimum absolute atomic E-state index is 0.00317. The molecule has 2 nitrogen and oxygen atoms in total. The maximum absolute atomic E-state index is 12.7. The first kappa shape index (κ1) is 18.8. The minimum atomic E-state index is -0.00317. The molecule has 0 saturated heterocycles. The highest BCUT2D eigenvalue weighted by molar-refractivity contribution is 9.10. The molecule has 1 aromatic heterocycles. The maximum Gasteiger partial charge on any atom is 0.139 e. The van der Waals surface area contributed by atoms with Crippen LogP contribution in [0.15, 0.2) is 71.3 Å². The lowest BCUT2D eigenvalue weighted by Gasteiger charge is -2.20. The summed E-state index contributed by atoms with van der Waals surface area (Å²) in [5, 5.41) is 0.709. The van der Waals surface area contributed by atoms with Gasteiger partial charge in [-0.05, 0) is 60.0 Å². The number of rotatable bonds is 6. The van der Waals surface area contributed by atoms with Crippen LogP contribution in [-0.2, 0) is 11.2 Å². The Labute approximate surface area is 167 Å². The number of ketones is 1. The molecule has 0 radical (unpaired) electrons. The SMILES string of the molecule is Cc1cc(Cl)ccc1C(CC(=O)Cc1ccccn1)c1ccc(Br)cc1. The van der Waals surface area contributed by atoms with E-state index in [-0.39, 0.29) is 11.7 Å². The Morgan fingerprint density at radius 1 is 1.12 bits per heavy atom. The van der Waals surface area contributed by atoms with E-state index in [2.05, 4.69) is 33.0 Å². The maximum atomic E-state index is 12.7. The first-order valence-electron chi connectivity index (χ1n) is 8.46. The molecule has 0 amide bonds. The standard InChI is InChI=1S/C22H19BrClNO/c1-15-12-18(24)9-10-21(15)22(16-5-7-17(23)8-6-16)14-20(26)13-19-4-2-3-11-25-19/h2-12,22H,13-14H2,1H3. The topological polar surface area (TPSA) is 30.0 Å². The van der Waals surface area contributed by atoms with Crippen LogP contribution in [-0.4, -0.2) is 10.8 Å². The molecule has 132 valence electrons. The van der Waals surface area contributed by atoms with Crippen molar-refractivity contribution in [3.05, 3.63) is 98.7 Å². The van der Waals surface area contributed by atoms with E-state index >= 15 is 0 Å². The van der Waals surface area contributed by atoms with Crippen molar-refractivity contribution in [2.45, 2.75) is 25.7 Å². The van der Waals surface area contributed by atoms with Crippen molar-refractivity contribution in [3.8, 4) is 0 Å². The predicted molar refractivity (Wildman–Crippen MR) is 110 cm³/mol. The highest BCUT2D eigenvalue weighted by Gasteiger charge is 2.20. The Kier molecular flexibility index (Phi) is 6.23. The number of hydrogen-bond acceptors (Lipinski definition) is 2. The fraction of sp³-hybridized carbons (Fsp3) is 0.182. The lowest BCUT2D eigenvalue weighted by Crippen LogP contribution is -2.12.